The Hall–Kier alpha value is -0.650. The summed E-state index contributed by atoms with van der Waals surface area (Å²) in [5.74, 6) is 0.891. The van der Waals surface area contributed by atoms with Crippen LogP contribution in [0.15, 0.2) is 16.7 Å². The summed E-state index contributed by atoms with van der Waals surface area (Å²) in [7, 11) is 2.12. The number of ether oxygens (including phenoxy) is 1. The summed E-state index contributed by atoms with van der Waals surface area (Å²) in [5, 5.41) is 3.33. The number of nitrogens with one attached hydrogen (secondary N) is 1. The van der Waals surface area contributed by atoms with Gasteiger partial charge in [-0.05, 0) is 41.5 Å². The summed E-state index contributed by atoms with van der Waals surface area (Å²) in [5.41, 5.74) is 1.18. The van der Waals surface area contributed by atoms with Gasteiger partial charge in [-0.2, -0.15) is 0 Å². The molecule has 1 saturated heterocycles. The van der Waals surface area contributed by atoms with Crippen molar-refractivity contribution in [2.75, 3.05) is 38.6 Å². The maximum Gasteiger partial charge on any atom is 0.140 e. The Morgan fingerprint density at radius 3 is 3.24 bits per heavy atom. The molecule has 17 heavy (non-hydrogen) atoms. The normalized spacial score (nSPS) is 21.5. The number of pyridine rings is 1. The van der Waals surface area contributed by atoms with Crippen LogP contribution in [0.3, 0.4) is 0 Å². The van der Waals surface area contributed by atoms with Crippen molar-refractivity contribution in [3.63, 3.8) is 0 Å². The summed E-state index contributed by atoms with van der Waals surface area (Å²) >= 11 is 3.54. The molecule has 1 aliphatic rings. The highest BCUT2D eigenvalue weighted by molar-refractivity contribution is 9.10. The molecule has 0 aliphatic carbocycles. The molecule has 1 aromatic rings. The number of nitrogens with zero attached hydrogens (tertiary/aromatic N) is 2. The Morgan fingerprint density at radius 1 is 1.65 bits per heavy atom. The van der Waals surface area contributed by atoms with Gasteiger partial charge < -0.3 is 15.0 Å². The van der Waals surface area contributed by atoms with Gasteiger partial charge in [-0.25, -0.2) is 4.98 Å². The number of hydrogen-bond acceptors (Lipinski definition) is 4. The Balaban J connectivity index is 1.91. The van der Waals surface area contributed by atoms with Gasteiger partial charge in [0, 0.05) is 25.8 Å². The first-order chi connectivity index (χ1) is 8.16. The first-order valence-electron chi connectivity index (χ1n) is 5.82. The zero-order valence-electron chi connectivity index (χ0n) is 10.2. The molecule has 1 unspecified atom stereocenters. The van der Waals surface area contributed by atoms with Gasteiger partial charge in [0.25, 0.3) is 0 Å². The van der Waals surface area contributed by atoms with Gasteiger partial charge >= 0.3 is 0 Å². The van der Waals surface area contributed by atoms with Crippen LogP contribution in [0.5, 0.6) is 0 Å². The zero-order chi connectivity index (χ0) is 12.3. The molecular weight excluding hydrogens is 282 g/mol. The number of halogens is 1. The molecule has 1 aromatic heterocycles. The highest BCUT2D eigenvalue weighted by Crippen LogP contribution is 2.23. The summed E-state index contributed by atoms with van der Waals surface area (Å²) in [6, 6.07) is 1.99. The first-order valence-corrected chi connectivity index (χ1v) is 6.61. The van der Waals surface area contributed by atoms with Gasteiger partial charge in [0.1, 0.15) is 5.82 Å². The quantitative estimate of drug-likeness (QED) is 0.925. The third kappa shape index (κ3) is 3.40. The second-order valence-electron chi connectivity index (χ2n) is 4.43. The van der Waals surface area contributed by atoms with E-state index in [9.17, 15) is 0 Å². The van der Waals surface area contributed by atoms with Crippen molar-refractivity contribution in [1.82, 2.24) is 9.88 Å². The molecule has 2 rings (SSSR count). The van der Waals surface area contributed by atoms with Gasteiger partial charge in [0.15, 0.2) is 0 Å². The maximum absolute atomic E-state index is 5.69. The van der Waals surface area contributed by atoms with E-state index in [0.29, 0.717) is 0 Å². The minimum absolute atomic E-state index is 0.239. The summed E-state index contributed by atoms with van der Waals surface area (Å²) in [4.78, 5) is 6.60. The largest absolute Gasteiger partial charge is 0.374 e. The molecule has 1 N–H and O–H groups in total. The number of anilines is 1. The minimum Gasteiger partial charge on any atom is -0.374 e. The summed E-state index contributed by atoms with van der Waals surface area (Å²) < 4.78 is 6.72. The highest BCUT2D eigenvalue weighted by Gasteiger charge is 2.17. The van der Waals surface area contributed by atoms with Gasteiger partial charge in [-0.15, -0.1) is 0 Å². The first kappa shape index (κ1) is 12.8. The predicted octanol–water partition coefficient (Wildman–Crippen LogP) is 1.90. The van der Waals surface area contributed by atoms with Crippen molar-refractivity contribution >= 4 is 21.7 Å². The molecule has 94 valence electrons. The van der Waals surface area contributed by atoms with Crippen LogP contribution in [0.25, 0.3) is 0 Å². The van der Waals surface area contributed by atoms with E-state index in [1.54, 1.807) is 0 Å². The number of morpholine rings is 1. The van der Waals surface area contributed by atoms with Crippen LogP contribution in [0.4, 0.5) is 5.82 Å². The fourth-order valence-electron chi connectivity index (χ4n) is 1.86. The van der Waals surface area contributed by atoms with E-state index in [-0.39, 0.29) is 6.10 Å². The average molecular weight is 300 g/mol. The SMILES string of the molecule is Cc1ccnc(NCC2CN(C)CCO2)c1Br. The van der Waals surface area contributed by atoms with E-state index in [4.69, 9.17) is 4.74 Å². The smallest absolute Gasteiger partial charge is 0.140 e. The second-order valence-corrected chi connectivity index (χ2v) is 5.22. The van der Waals surface area contributed by atoms with Crippen molar-refractivity contribution in [2.45, 2.75) is 13.0 Å². The molecule has 0 saturated carbocycles. The van der Waals surface area contributed by atoms with Crippen molar-refractivity contribution in [2.24, 2.45) is 0 Å². The Bertz CT molecular complexity index is 386. The van der Waals surface area contributed by atoms with Gasteiger partial charge in [-0.1, -0.05) is 0 Å². The van der Waals surface area contributed by atoms with E-state index in [1.165, 1.54) is 5.56 Å². The number of aryl methyl sites for hydroxylation is 1. The van der Waals surface area contributed by atoms with E-state index in [0.717, 1.165) is 36.5 Å². The Kier molecular flexibility index (Phi) is 4.36. The molecule has 1 aliphatic heterocycles. The standard InChI is InChI=1S/C12H18BrN3O/c1-9-3-4-14-12(11(9)13)15-7-10-8-16(2)5-6-17-10/h3-4,10H,5-8H2,1-2H3,(H,14,15). The van der Waals surface area contributed by atoms with Crippen LogP contribution in [-0.2, 0) is 4.74 Å². The van der Waals surface area contributed by atoms with Gasteiger partial charge in [0.2, 0.25) is 0 Å². The zero-order valence-corrected chi connectivity index (χ0v) is 11.8. The molecule has 0 radical (unpaired) electrons. The average Bonchev–Trinajstić information content (AvgIpc) is 2.31. The lowest BCUT2D eigenvalue weighted by Crippen LogP contribution is -2.43. The molecule has 2 heterocycles. The van der Waals surface area contributed by atoms with Gasteiger partial charge in [0.05, 0.1) is 17.2 Å². The van der Waals surface area contributed by atoms with Crippen molar-refractivity contribution < 1.29 is 4.74 Å². The second kappa shape index (κ2) is 5.80. The molecule has 1 atom stereocenters. The van der Waals surface area contributed by atoms with Crippen molar-refractivity contribution in [3.05, 3.63) is 22.3 Å². The van der Waals surface area contributed by atoms with Crippen molar-refractivity contribution in [1.29, 1.82) is 0 Å². The number of likely N-dealkylation sites (N-methyl/N-ethyl adjacent to an activating group) is 1. The van der Waals surface area contributed by atoms with Crippen LogP contribution < -0.4 is 5.32 Å². The highest BCUT2D eigenvalue weighted by atomic mass is 79.9. The molecule has 5 heteroatoms. The van der Waals surface area contributed by atoms with E-state index in [1.807, 2.05) is 12.3 Å². The van der Waals surface area contributed by atoms with Crippen LogP contribution >= 0.6 is 15.9 Å². The lowest BCUT2D eigenvalue weighted by Gasteiger charge is -2.30. The molecule has 0 amide bonds. The number of aromatic nitrogens is 1. The van der Waals surface area contributed by atoms with Crippen molar-refractivity contribution in [3.8, 4) is 0 Å². The molecule has 0 bridgehead atoms. The number of rotatable bonds is 3. The van der Waals surface area contributed by atoms with Crippen LogP contribution in [0.1, 0.15) is 5.56 Å². The van der Waals surface area contributed by atoms with Crippen LogP contribution in [0.2, 0.25) is 0 Å². The third-order valence-electron chi connectivity index (χ3n) is 2.92. The Morgan fingerprint density at radius 2 is 2.47 bits per heavy atom. The minimum atomic E-state index is 0.239. The van der Waals surface area contributed by atoms with E-state index < -0.39 is 0 Å². The van der Waals surface area contributed by atoms with Crippen LogP contribution in [-0.4, -0.2) is 49.3 Å². The monoisotopic (exact) mass is 299 g/mol. The number of hydrogen-bond donors (Lipinski definition) is 1. The molecular formula is C12H18BrN3O. The molecule has 4 nitrogen and oxygen atoms in total. The van der Waals surface area contributed by atoms with E-state index in [2.05, 4.69) is 45.1 Å². The summed E-state index contributed by atoms with van der Waals surface area (Å²) in [6.07, 6.45) is 2.05. The lowest BCUT2D eigenvalue weighted by atomic mass is 10.2. The molecule has 0 spiro atoms. The lowest BCUT2D eigenvalue weighted by molar-refractivity contribution is -0.0117. The third-order valence-corrected chi connectivity index (χ3v) is 3.92. The predicted molar refractivity (Wildman–Crippen MR) is 72.4 cm³/mol. The Labute approximate surface area is 110 Å². The molecule has 1 fully saturated rings. The van der Waals surface area contributed by atoms with Gasteiger partial charge in [-0.3, -0.25) is 0 Å². The fraction of sp³-hybridized carbons (Fsp3) is 0.583. The maximum atomic E-state index is 5.69. The molecule has 0 aromatic carbocycles. The van der Waals surface area contributed by atoms with E-state index >= 15 is 0 Å². The topological polar surface area (TPSA) is 37.4 Å². The fourth-order valence-corrected chi connectivity index (χ4v) is 2.24. The van der Waals surface area contributed by atoms with Crippen LogP contribution in [0, 0.1) is 6.92 Å². The summed E-state index contributed by atoms with van der Waals surface area (Å²) in [6.45, 7) is 5.64.